The summed E-state index contributed by atoms with van der Waals surface area (Å²) < 4.78 is 0. The molecular formula is C28H44O2. The van der Waals surface area contributed by atoms with Crippen LogP contribution in [0, 0.1) is 29.1 Å². The summed E-state index contributed by atoms with van der Waals surface area (Å²) in [6.45, 7) is 15.2. The van der Waals surface area contributed by atoms with Gasteiger partial charge in [-0.25, -0.2) is 0 Å². The molecule has 3 aliphatic rings. The van der Waals surface area contributed by atoms with E-state index in [9.17, 15) is 10.2 Å². The van der Waals surface area contributed by atoms with Crippen LogP contribution in [0.15, 0.2) is 47.6 Å². The summed E-state index contributed by atoms with van der Waals surface area (Å²) in [4.78, 5) is 0. The van der Waals surface area contributed by atoms with Crippen molar-refractivity contribution in [2.75, 3.05) is 0 Å². The first-order valence-corrected chi connectivity index (χ1v) is 12.2. The van der Waals surface area contributed by atoms with E-state index in [1.807, 2.05) is 13.0 Å². The highest BCUT2D eigenvalue weighted by Crippen LogP contribution is 2.59. The molecule has 2 N–H and O–H groups in total. The second-order valence-electron chi connectivity index (χ2n) is 11.1. The maximum atomic E-state index is 10.6. The highest BCUT2D eigenvalue weighted by atomic mass is 16.3. The Labute approximate surface area is 184 Å². The van der Waals surface area contributed by atoms with Gasteiger partial charge in [0.25, 0.3) is 0 Å². The van der Waals surface area contributed by atoms with Gasteiger partial charge in [0.2, 0.25) is 0 Å². The lowest BCUT2D eigenvalue weighted by atomic mass is 9.61. The van der Waals surface area contributed by atoms with Gasteiger partial charge in [-0.05, 0) is 93.0 Å². The van der Waals surface area contributed by atoms with Crippen molar-refractivity contribution in [3.8, 4) is 0 Å². The smallest absolute Gasteiger partial charge is 0.0822 e. The van der Waals surface area contributed by atoms with Gasteiger partial charge in [0.1, 0.15) is 0 Å². The van der Waals surface area contributed by atoms with Crippen LogP contribution >= 0.6 is 0 Å². The molecule has 0 aromatic rings. The van der Waals surface area contributed by atoms with Gasteiger partial charge in [-0.15, -0.1) is 0 Å². The second kappa shape index (κ2) is 9.17. The molecule has 0 radical (unpaired) electrons. The summed E-state index contributed by atoms with van der Waals surface area (Å²) in [5.41, 5.74) is 3.67. The Bertz CT molecular complexity index is 723. The molecule has 30 heavy (non-hydrogen) atoms. The quantitative estimate of drug-likeness (QED) is 0.490. The number of rotatable bonds is 5. The van der Waals surface area contributed by atoms with Gasteiger partial charge in [-0.1, -0.05) is 69.7 Å². The van der Waals surface area contributed by atoms with E-state index in [2.05, 4.69) is 52.5 Å². The van der Waals surface area contributed by atoms with Gasteiger partial charge in [0.15, 0.2) is 0 Å². The van der Waals surface area contributed by atoms with Gasteiger partial charge < -0.3 is 10.2 Å². The van der Waals surface area contributed by atoms with Gasteiger partial charge in [-0.2, -0.15) is 0 Å². The Hall–Kier alpha value is -1.12. The van der Waals surface area contributed by atoms with Crippen LogP contribution in [0.3, 0.4) is 0 Å². The summed E-state index contributed by atoms with van der Waals surface area (Å²) in [5.74, 6) is 2.04. The summed E-state index contributed by atoms with van der Waals surface area (Å²) >= 11 is 0. The van der Waals surface area contributed by atoms with Crippen molar-refractivity contribution in [2.24, 2.45) is 29.1 Å². The average molecular weight is 413 g/mol. The monoisotopic (exact) mass is 412 g/mol. The van der Waals surface area contributed by atoms with Crippen molar-refractivity contribution in [3.63, 3.8) is 0 Å². The van der Waals surface area contributed by atoms with Crippen LogP contribution in [0.25, 0.3) is 0 Å². The first kappa shape index (κ1) is 23.5. The first-order valence-electron chi connectivity index (χ1n) is 12.2. The Morgan fingerprint density at radius 1 is 1.13 bits per heavy atom. The van der Waals surface area contributed by atoms with Crippen molar-refractivity contribution in [1.82, 2.24) is 0 Å². The fourth-order valence-electron chi connectivity index (χ4n) is 6.21. The Balaban J connectivity index is 1.76. The molecule has 2 nitrogen and oxygen atoms in total. The standard InChI is InChI=1S/C28H44O2/c1-19(2)28(6,30)17-15-21(4)25-13-14-26-22(8-7-16-27(25,26)5)10-11-23-18-24(29)12-9-20(23)3/h10-11,15,17,19,21,24-26,29-30H,3,7-9,12-14,16,18H2,1-2,4-6H3. The van der Waals surface area contributed by atoms with E-state index >= 15 is 0 Å². The normalized spacial score (nSPS) is 38.4. The fourth-order valence-corrected chi connectivity index (χ4v) is 6.21. The van der Waals surface area contributed by atoms with E-state index in [0.717, 1.165) is 19.3 Å². The minimum Gasteiger partial charge on any atom is -0.393 e. The molecule has 0 spiro atoms. The molecule has 0 amide bonds. The number of hydrogen-bond donors (Lipinski definition) is 2. The van der Waals surface area contributed by atoms with Gasteiger partial charge in [-0.3, -0.25) is 0 Å². The molecule has 168 valence electrons. The van der Waals surface area contributed by atoms with Crippen molar-refractivity contribution in [3.05, 3.63) is 47.6 Å². The lowest BCUT2D eigenvalue weighted by Crippen LogP contribution is -2.36. The SMILES string of the molecule is C=C1CCC(O)CC1=CC=C1CCCC2(C)C1CCC2C(C)C=CC(C)(O)C(C)C. The van der Waals surface area contributed by atoms with Gasteiger partial charge >= 0.3 is 0 Å². The zero-order chi connectivity index (χ0) is 22.1. The number of aliphatic hydroxyl groups excluding tert-OH is 1. The highest BCUT2D eigenvalue weighted by Gasteiger charge is 2.50. The number of allylic oxidation sites excluding steroid dienone is 5. The third-order valence-corrected chi connectivity index (χ3v) is 8.77. The lowest BCUT2D eigenvalue weighted by Gasteiger charge is -2.44. The minimum absolute atomic E-state index is 0.205. The highest BCUT2D eigenvalue weighted by molar-refractivity contribution is 5.36. The van der Waals surface area contributed by atoms with E-state index in [-0.39, 0.29) is 12.0 Å². The molecule has 3 aliphatic carbocycles. The summed E-state index contributed by atoms with van der Waals surface area (Å²) in [6.07, 6.45) is 17.6. The van der Waals surface area contributed by atoms with Crippen LogP contribution in [0.2, 0.25) is 0 Å². The average Bonchev–Trinajstić information content (AvgIpc) is 3.04. The van der Waals surface area contributed by atoms with Crippen LogP contribution in [0.1, 0.15) is 86.0 Å². The van der Waals surface area contributed by atoms with Crippen LogP contribution in [-0.4, -0.2) is 21.9 Å². The molecule has 3 saturated carbocycles. The molecular weight excluding hydrogens is 368 g/mol. The van der Waals surface area contributed by atoms with E-state index in [1.54, 1.807) is 5.57 Å². The molecule has 0 aromatic carbocycles. The molecule has 0 heterocycles. The van der Waals surface area contributed by atoms with Crippen LogP contribution in [-0.2, 0) is 0 Å². The molecule has 3 rings (SSSR count). The van der Waals surface area contributed by atoms with Crippen molar-refractivity contribution < 1.29 is 10.2 Å². The summed E-state index contributed by atoms with van der Waals surface area (Å²) in [5, 5.41) is 20.7. The zero-order valence-electron chi connectivity index (χ0n) is 20.0. The topological polar surface area (TPSA) is 40.5 Å². The number of fused-ring (bicyclic) bond motifs is 1. The van der Waals surface area contributed by atoms with Crippen LogP contribution in [0.4, 0.5) is 0 Å². The van der Waals surface area contributed by atoms with E-state index in [1.165, 1.54) is 43.3 Å². The predicted octanol–water partition coefficient (Wildman–Crippen LogP) is 6.76. The van der Waals surface area contributed by atoms with E-state index < -0.39 is 5.60 Å². The number of hydrogen-bond acceptors (Lipinski definition) is 2. The Morgan fingerprint density at radius 3 is 2.57 bits per heavy atom. The van der Waals surface area contributed by atoms with Gasteiger partial charge in [0, 0.05) is 0 Å². The fraction of sp³-hybridized carbons (Fsp3) is 0.714. The minimum atomic E-state index is -0.732. The van der Waals surface area contributed by atoms with Crippen LogP contribution in [0.5, 0.6) is 0 Å². The molecule has 2 heteroatoms. The maximum absolute atomic E-state index is 10.6. The van der Waals surface area contributed by atoms with Crippen LogP contribution < -0.4 is 0 Å². The van der Waals surface area contributed by atoms with Gasteiger partial charge in [0.05, 0.1) is 11.7 Å². The Morgan fingerprint density at radius 2 is 1.87 bits per heavy atom. The second-order valence-corrected chi connectivity index (χ2v) is 11.1. The molecule has 3 fully saturated rings. The Kier molecular flexibility index (Phi) is 7.19. The molecule has 6 atom stereocenters. The zero-order valence-corrected chi connectivity index (χ0v) is 20.0. The largest absolute Gasteiger partial charge is 0.393 e. The van der Waals surface area contributed by atoms with Crippen molar-refractivity contribution in [2.45, 2.75) is 97.7 Å². The predicted molar refractivity (Wildman–Crippen MR) is 127 cm³/mol. The maximum Gasteiger partial charge on any atom is 0.0822 e. The lowest BCUT2D eigenvalue weighted by molar-refractivity contribution is 0.0607. The summed E-state index contributed by atoms with van der Waals surface area (Å²) in [7, 11) is 0. The van der Waals surface area contributed by atoms with Crippen molar-refractivity contribution >= 4 is 0 Å². The first-order chi connectivity index (χ1) is 14.0. The third kappa shape index (κ3) is 4.86. The van der Waals surface area contributed by atoms with E-state index in [0.29, 0.717) is 23.2 Å². The number of aliphatic hydroxyl groups is 2. The third-order valence-electron chi connectivity index (χ3n) is 8.77. The van der Waals surface area contributed by atoms with E-state index in [4.69, 9.17) is 0 Å². The molecule has 0 saturated heterocycles. The molecule has 6 unspecified atom stereocenters. The molecule has 0 bridgehead atoms. The molecule has 0 aromatic heterocycles. The molecule has 0 aliphatic heterocycles. The van der Waals surface area contributed by atoms with Crippen molar-refractivity contribution in [1.29, 1.82) is 0 Å². The summed E-state index contributed by atoms with van der Waals surface area (Å²) in [6, 6.07) is 0.